The van der Waals surface area contributed by atoms with Gasteiger partial charge in [0.1, 0.15) is 5.82 Å². The maximum absolute atomic E-state index is 5.71. The van der Waals surface area contributed by atoms with Gasteiger partial charge in [-0.05, 0) is 24.9 Å². The number of nitrogens with two attached hydrogens (primary N) is 1. The topological polar surface area (TPSA) is 43.8 Å². The molecule has 1 heterocycles. The number of rotatable bonds is 5. The molecule has 0 radical (unpaired) electrons. The molecule has 1 saturated carbocycles. The SMILES string of the molecule is NCCc1cnc(C2CCC2)n1Cc1ccccc1. The highest BCUT2D eigenvalue weighted by Gasteiger charge is 2.25. The van der Waals surface area contributed by atoms with Crippen LogP contribution in [0.3, 0.4) is 0 Å². The van der Waals surface area contributed by atoms with Crippen molar-refractivity contribution in [2.45, 2.75) is 38.1 Å². The average Bonchev–Trinajstić information content (AvgIpc) is 2.73. The summed E-state index contributed by atoms with van der Waals surface area (Å²) in [6, 6.07) is 10.6. The zero-order chi connectivity index (χ0) is 13.1. The van der Waals surface area contributed by atoms with Gasteiger partial charge in [-0.3, -0.25) is 0 Å². The molecule has 1 aromatic carbocycles. The van der Waals surface area contributed by atoms with E-state index in [2.05, 4.69) is 39.9 Å². The quantitative estimate of drug-likeness (QED) is 0.892. The molecule has 1 aromatic heterocycles. The summed E-state index contributed by atoms with van der Waals surface area (Å²) in [5.41, 5.74) is 8.32. The lowest BCUT2D eigenvalue weighted by Gasteiger charge is -2.26. The van der Waals surface area contributed by atoms with Crippen LogP contribution in [0.1, 0.15) is 42.3 Å². The summed E-state index contributed by atoms with van der Waals surface area (Å²) in [5.74, 6) is 1.92. The molecule has 0 spiro atoms. The smallest absolute Gasteiger partial charge is 0.112 e. The van der Waals surface area contributed by atoms with Crippen LogP contribution in [0.2, 0.25) is 0 Å². The predicted molar refractivity (Wildman–Crippen MR) is 77.1 cm³/mol. The van der Waals surface area contributed by atoms with Gasteiger partial charge in [0.05, 0.1) is 0 Å². The Morgan fingerprint density at radius 2 is 2.00 bits per heavy atom. The Morgan fingerprint density at radius 3 is 2.63 bits per heavy atom. The molecule has 2 N–H and O–H groups in total. The summed E-state index contributed by atoms with van der Waals surface area (Å²) in [7, 11) is 0. The van der Waals surface area contributed by atoms with Gasteiger partial charge >= 0.3 is 0 Å². The summed E-state index contributed by atoms with van der Waals surface area (Å²) in [5, 5.41) is 0. The van der Waals surface area contributed by atoms with Crippen LogP contribution < -0.4 is 5.73 Å². The summed E-state index contributed by atoms with van der Waals surface area (Å²) in [4.78, 5) is 4.66. The van der Waals surface area contributed by atoms with E-state index in [-0.39, 0.29) is 0 Å². The van der Waals surface area contributed by atoms with Gasteiger partial charge in [0.25, 0.3) is 0 Å². The van der Waals surface area contributed by atoms with Gasteiger partial charge in [-0.25, -0.2) is 4.98 Å². The molecular formula is C16H21N3. The molecule has 0 aliphatic heterocycles. The van der Waals surface area contributed by atoms with Crippen LogP contribution in [0.5, 0.6) is 0 Å². The van der Waals surface area contributed by atoms with E-state index in [0.717, 1.165) is 13.0 Å². The van der Waals surface area contributed by atoms with E-state index < -0.39 is 0 Å². The zero-order valence-corrected chi connectivity index (χ0v) is 11.3. The maximum atomic E-state index is 5.71. The van der Waals surface area contributed by atoms with Crippen LogP contribution in [0.25, 0.3) is 0 Å². The van der Waals surface area contributed by atoms with E-state index in [0.29, 0.717) is 12.5 Å². The molecule has 0 saturated heterocycles. The van der Waals surface area contributed by atoms with Crippen LogP contribution in [-0.4, -0.2) is 16.1 Å². The fraction of sp³-hybridized carbons (Fsp3) is 0.438. The molecule has 0 bridgehead atoms. The van der Waals surface area contributed by atoms with Crippen LogP contribution in [-0.2, 0) is 13.0 Å². The first-order chi connectivity index (χ1) is 9.38. The lowest BCUT2D eigenvalue weighted by atomic mass is 9.85. The van der Waals surface area contributed by atoms with Crippen molar-refractivity contribution in [2.75, 3.05) is 6.54 Å². The molecular weight excluding hydrogens is 234 g/mol. The van der Waals surface area contributed by atoms with Gasteiger partial charge in [-0.2, -0.15) is 0 Å². The van der Waals surface area contributed by atoms with E-state index in [9.17, 15) is 0 Å². The highest BCUT2D eigenvalue weighted by atomic mass is 15.1. The molecule has 3 heteroatoms. The molecule has 1 aliphatic rings. The van der Waals surface area contributed by atoms with Gasteiger partial charge in [0.2, 0.25) is 0 Å². The number of aromatic nitrogens is 2. The molecule has 100 valence electrons. The minimum absolute atomic E-state index is 0.662. The number of nitrogens with zero attached hydrogens (tertiary/aromatic N) is 2. The fourth-order valence-corrected chi connectivity index (χ4v) is 2.72. The summed E-state index contributed by atoms with van der Waals surface area (Å²) >= 11 is 0. The second-order valence-corrected chi connectivity index (χ2v) is 5.35. The van der Waals surface area contributed by atoms with E-state index in [4.69, 9.17) is 5.73 Å². The molecule has 0 atom stereocenters. The Labute approximate surface area is 114 Å². The molecule has 2 aromatic rings. The first-order valence-electron chi connectivity index (χ1n) is 7.17. The molecule has 3 rings (SSSR count). The van der Waals surface area contributed by atoms with E-state index in [1.165, 1.54) is 36.3 Å². The van der Waals surface area contributed by atoms with Gasteiger partial charge in [-0.1, -0.05) is 36.8 Å². The second-order valence-electron chi connectivity index (χ2n) is 5.35. The molecule has 1 aliphatic carbocycles. The van der Waals surface area contributed by atoms with Crippen molar-refractivity contribution in [1.29, 1.82) is 0 Å². The van der Waals surface area contributed by atoms with E-state index >= 15 is 0 Å². The number of benzene rings is 1. The third-order valence-electron chi connectivity index (χ3n) is 4.02. The lowest BCUT2D eigenvalue weighted by molar-refractivity contribution is 0.388. The van der Waals surface area contributed by atoms with Crippen molar-refractivity contribution >= 4 is 0 Å². The standard InChI is InChI=1S/C16H21N3/c17-10-9-15-11-18-16(14-7-4-8-14)19(15)12-13-5-2-1-3-6-13/h1-3,5-6,11,14H,4,7-10,12,17H2. The van der Waals surface area contributed by atoms with Crippen LogP contribution in [0.4, 0.5) is 0 Å². The number of hydrogen-bond donors (Lipinski definition) is 1. The summed E-state index contributed by atoms with van der Waals surface area (Å²) in [6.45, 7) is 1.60. The zero-order valence-electron chi connectivity index (χ0n) is 11.3. The van der Waals surface area contributed by atoms with Crippen LogP contribution in [0.15, 0.2) is 36.5 Å². The molecule has 19 heavy (non-hydrogen) atoms. The Morgan fingerprint density at radius 1 is 1.21 bits per heavy atom. The van der Waals surface area contributed by atoms with Crippen molar-refractivity contribution in [2.24, 2.45) is 5.73 Å². The normalized spacial score (nSPS) is 15.4. The van der Waals surface area contributed by atoms with Crippen molar-refractivity contribution in [3.8, 4) is 0 Å². The van der Waals surface area contributed by atoms with Crippen molar-refractivity contribution < 1.29 is 0 Å². The van der Waals surface area contributed by atoms with Crippen LogP contribution >= 0.6 is 0 Å². The Bertz CT molecular complexity index is 526. The van der Waals surface area contributed by atoms with Gasteiger partial charge in [-0.15, -0.1) is 0 Å². The third-order valence-corrected chi connectivity index (χ3v) is 4.02. The fourth-order valence-electron chi connectivity index (χ4n) is 2.72. The van der Waals surface area contributed by atoms with Crippen molar-refractivity contribution in [3.63, 3.8) is 0 Å². The third kappa shape index (κ3) is 2.56. The lowest BCUT2D eigenvalue weighted by Crippen LogP contribution is -2.18. The minimum Gasteiger partial charge on any atom is -0.330 e. The Balaban J connectivity index is 1.89. The van der Waals surface area contributed by atoms with Gasteiger partial charge in [0, 0.05) is 30.8 Å². The molecule has 0 amide bonds. The maximum Gasteiger partial charge on any atom is 0.112 e. The van der Waals surface area contributed by atoms with Crippen molar-refractivity contribution in [3.05, 3.63) is 53.6 Å². The predicted octanol–water partition coefficient (Wildman–Crippen LogP) is 2.70. The van der Waals surface area contributed by atoms with E-state index in [1.54, 1.807) is 0 Å². The summed E-state index contributed by atoms with van der Waals surface area (Å²) < 4.78 is 2.38. The van der Waals surface area contributed by atoms with Crippen molar-refractivity contribution in [1.82, 2.24) is 9.55 Å². The Hall–Kier alpha value is -1.61. The average molecular weight is 255 g/mol. The van der Waals surface area contributed by atoms with Crippen LogP contribution in [0, 0.1) is 0 Å². The molecule has 0 unspecified atom stereocenters. The monoisotopic (exact) mass is 255 g/mol. The van der Waals surface area contributed by atoms with E-state index in [1.807, 2.05) is 6.20 Å². The Kier molecular flexibility index (Phi) is 3.65. The first-order valence-corrected chi connectivity index (χ1v) is 7.17. The number of imidazole rings is 1. The van der Waals surface area contributed by atoms with Gasteiger partial charge < -0.3 is 10.3 Å². The second kappa shape index (κ2) is 5.57. The largest absolute Gasteiger partial charge is 0.330 e. The number of hydrogen-bond acceptors (Lipinski definition) is 2. The summed E-state index contributed by atoms with van der Waals surface area (Å²) in [6.07, 6.45) is 6.84. The highest BCUT2D eigenvalue weighted by Crippen LogP contribution is 2.36. The molecule has 1 fully saturated rings. The minimum atomic E-state index is 0.662. The highest BCUT2D eigenvalue weighted by molar-refractivity contribution is 5.19. The first kappa shape index (κ1) is 12.4. The molecule has 3 nitrogen and oxygen atoms in total. The van der Waals surface area contributed by atoms with Gasteiger partial charge in [0.15, 0.2) is 0 Å².